The summed E-state index contributed by atoms with van der Waals surface area (Å²) in [6.07, 6.45) is 4.55. The minimum Gasteiger partial charge on any atom is -0.330 e. The minimum atomic E-state index is 0.763. The zero-order valence-corrected chi connectivity index (χ0v) is 10.2. The Labute approximate surface area is 92.7 Å². The average molecular weight is 209 g/mol. The molecule has 15 heavy (non-hydrogen) atoms. The van der Waals surface area contributed by atoms with Gasteiger partial charge in [-0.25, -0.2) is 0 Å². The monoisotopic (exact) mass is 209 g/mol. The van der Waals surface area contributed by atoms with Crippen molar-refractivity contribution in [1.29, 1.82) is 0 Å². The molecule has 86 valence electrons. The van der Waals surface area contributed by atoms with E-state index in [1.807, 2.05) is 0 Å². The largest absolute Gasteiger partial charge is 0.330 e. The van der Waals surface area contributed by atoms with Crippen molar-refractivity contribution in [2.24, 2.45) is 5.73 Å². The number of nitrogens with zero attached hydrogens (tertiary/aromatic N) is 2. The van der Waals surface area contributed by atoms with Gasteiger partial charge in [-0.2, -0.15) is 5.10 Å². The first-order valence-corrected chi connectivity index (χ1v) is 5.93. The Hall–Kier alpha value is -0.830. The van der Waals surface area contributed by atoms with Gasteiger partial charge >= 0.3 is 0 Å². The number of aromatic nitrogens is 2. The molecule has 0 radical (unpaired) electrons. The minimum absolute atomic E-state index is 0.763. The third-order valence-corrected chi connectivity index (χ3v) is 2.89. The highest BCUT2D eigenvalue weighted by atomic mass is 15.3. The molecule has 1 aromatic heterocycles. The van der Waals surface area contributed by atoms with Gasteiger partial charge in [0.25, 0.3) is 0 Å². The molecule has 0 saturated carbocycles. The van der Waals surface area contributed by atoms with Crippen LogP contribution in [0.3, 0.4) is 0 Å². The number of unbranched alkanes of at least 4 members (excludes halogenated alkanes) is 1. The summed E-state index contributed by atoms with van der Waals surface area (Å²) < 4.78 is 2.14. The van der Waals surface area contributed by atoms with Gasteiger partial charge in [0.05, 0.1) is 5.69 Å². The maximum Gasteiger partial charge on any atom is 0.0628 e. The smallest absolute Gasteiger partial charge is 0.0628 e. The Morgan fingerprint density at radius 2 is 2.00 bits per heavy atom. The number of nitrogens with two attached hydrogens (primary N) is 1. The van der Waals surface area contributed by atoms with Crippen molar-refractivity contribution in [3.8, 4) is 0 Å². The summed E-state index contributed by atoms with van der Waals surface area (Å²) in [6, 6.07) is 0. The van der Waals surface area contributed by atoms with Crippen molar-refractivity contribution in [2.45, 2.75) is 53.0 Å². The van der Waals surface area contributed by atoms with Crippen LogP contribution in [0.1, 0.15) is 43.1 Å². The number of aryl methyl sites for hydroxylation is 2. The van der Waals surface area contributed by atoms with Crippen LogP contribution in [0.5, 0.6) is 0 Å². The second-order valence-electron chi connectivity index (χ2n) is 4.12. The van der Waals surface area contributed by atoms with Gasteiger partial charge in [0.2, 0.25) is 0 Å². The highest BCUT2D eigenvalue weighted by Crippen LogP contribution is 2.15. The Bertz CT molecular complexity index is 302. The van der Waals surface area contributed by atoms with Crippen molar-refractivity contribution in [3.05, 3.63) is 17.0 Å². The lowest BCUT2D eigenvalue weighted by molar-refractivity contribution is 0.555. The summed E-state index contributed by atoms with van der Waals surface area (Å²) >= 11 is 0. The van der Waals surface area contributed by atoms with Crippen LogP contribution in [-0.4, -0.2) is 16.3 Å². The van der Waals surface area contributed by atoms with Gasteiger partial charge in [0.1, 0.15) is 0 Å². The molecule has 0 aliphatic carbocycles. The summed E-state index contributed by atoms with van der Waals surface area (Å²) in [4.78, 5) is 0. The molecule has 2 N–H and O–H groups in total. The normalized spacial score (nSPS) is 10.9. The maximum atomic E-state index is 5.54. The van der Waals surface area contributed by atoms with Crippen molar-refractivity contribution in [1.82, 2.24) is 9.78 Å². The molecule has 0 saturated heterocycles. The predicted molar refractivity (Wildman–Crippen MR) is 64.0 cm³/mol. The summed E-state index contributed by atoms with van der Waals surface area (Å²) in [5, 5.41) is 4.58. The van der Waals surface area contributed by atoms with Gasteiger partial charge in [-0.15, -0.1) is 0 Å². The lowest BCUT2D eigenvalue weighted by Gasteiger charge is -2.04. The summed E-state index contributed by atoms with van der Waals surface area (Å²) in [7, 11) is 0. The van der Waals surface area contributed by atoms with Crippen LogP contribution in [-0.2, 0) is 13.0 Å². The molecule has 0 spiro atoms. The van der Waals surface area contributed by atoms with E-state index in [4.69, 9.17) is 5.73 Å². The van der Waals surface area contributed by atoms with E-state index >= 15 is 0 Å². The number of hydrogen-bond acceptors (Lipinski definition) is 2. The van der Waals surface area contributed by atoms with Gasteiger partial charge in [-0.05, 0) is 45.2 Å². The van der Waals surface area contributed by atoms with E-state index in [0.29, 0.717) is 0 Å². The second-order valence-corrected chi connectivity index (χ2v) is 4.12. The number of hydrogen-bond donors (Lipinski definition) is 1. The van der Waals surface area contributed by atoms with E-state index in [0.717, 1.165) is 25.9 Å². The van der Waals surface area contributed by atoms with Gasteiger partial charge in [0, 0.05) is 12.2 Å². The molecular weight excluding hydrogens is 186 g/mol. The molecule has 0 amide bonds. The molecule has 0 atom stereocenters. The lowest BCUT2D eigenvalue weighted by atomic mass is 10.1. The fraction of sp³-hybridized carbons (Fsp3) is 0.750. The summed E-state index contributed by atoms with van der Waals surface area (Å²) in [5.41, 5.74) is 9.44. The molecule has 0 fully saturated rings. The second kappa shape index (κ2) is 5.91. The predicted octanol–water partition coefficient (Wildman–Crippen LogP) is 2.19. The molecule has 3 nitrogen and oxygen atoms in total. The van der Waals surface area contributed by atoms with Crippen molar-refractivity contribution in [2.75, 3.05) is 6.54 Å². The Balaban J connectivity index is 2.74. The van der Waals surface area contributed by atoms with Crippen molar-refractivity contribution >= 4 is 0 Å². The average Bonchev–Trinajstić information content (AvgIpc) is 2.49. The van der Waals surface area contributed by atoms with Crippen molar-refractivity contribution in [3.63, 3.8) is 0 Å². The van der Waals surface area contributed by atoms with Gasteiger partial charge in [0.15, 0.2) is 0 Å². The molecular formula is C12H23N3. The number of rotatable bonds is 6. The van der Waals surface area contributed by atoms with Crippen LogP contribution in [0.2, 0.25) is 0 Å². The Kier molecular flexibility index (Phi) is 4.82. The van der Waals surface area contributed by atoms with Crippen LogP contribution in [0, 0.1) is 13.8 Å². The van der Waals surface area contributed by atoms with Gasteiger partial charge < -0.3 is 5.73 Å². The zero-order chi connectivity index (χ0) is 11.3. The molecule has 1 aromatic rings. The van der Waals surface area contributed by atoms with E-state index in [-0.39, 0.29) is 0 Å². The van der Waals surface area contributed by atoms with Gasteiger partial charge in [-0.1, -0.05) is 13.3 Å². The summed E-state index contributed by atoms with van der Waals surface area (Å²) in [5.74, 6) is 0. The van der Waals surface area contributed by atoms with Crippen LogP contribution in [0.25, 0.3) is 0 Å². The third kappa shape index (κ3) is 3.06. The van der Waals surface area contributed by atoms with Crippen molar-refractivity contribution < 1.29 is 0 Å². The van der Waals surface area contributed by atoms with Gasteiger partial charge in [-0.3, -0.25) is 4.68 Å². The maximum absolute atomic E-state index is 5.54. The van der Waals surface area contributed by atoms with E-state index in [9.17, 15) is 0 Å². The molecule has 0 aromatic carbocycles. The van der Waals surface area contributed by atoms with E-state index in [2.05, 4.69) is 30.6 Å². The van der Waals surface area contributed by atoms with Crippen LogP contribution < -0.4 is 5.73 Å². The van der Waals surface area contributed by atoms with Crippen LogP contribution in [0.15, 0.2) is 0 Å². The van der Waals surface area contributed by atoms with E-state index < -0.39 is 0 Å². The summed E-state index contributed by atoms with van der Waals surface area (Å²) in [6.45, 7) is 8.29. The van der Waals surface area contributed by atoms with Crippen LogP contribution in [0.4, 0.5) is 0 Å². The van der Waals surface area contributed by atoms with Crippen LogP contribution >= 0.6 is 0 Å². The first-order valence-electron chi connectivity index (χ1n) is 5.93. The molecule has 0 unspecified atom stereocenters. The first-order chi connectivity index (χ1) is 7.20. The highest BCUT2D eigenvalue weighted by Gasteiger charge is 2.09. The molecule has 3 heteroatoms. The SMILES string of the molecule is CCCCn1nc(C)c(CCCN)c1C. The zero-order valence-electron chi connectivity index (χ0n) is 10.2. The molecule has 0 aliphatic heterocycles. The topological polar surface area (TPSA) is 43.8 Å². The Morgan fingerprint density at radius 3 is 2.60 bits per heavy atom. The fourth-order valence-electron chi connectivity index (χ4n) is 1.90. The first kappa shape index (κ1) is 12.2. The third-order valence-electron chi connectivity index (χ3n) is 2.89. The molecule has 0 aliphatic rings. The van der Waals surface area contributed by atoms with E-state index in [1.54, 1.807) is 0 Å². The van der Waals surface area contributed by atoms with E-state index in [1.165, 1.54) is 29.8 Å². The quantitative estimate of drug-likeness (QED) is 0.780. The fourth-order valence-corrected chi connectivity index (χ4v) is 1.90. The lowest BCUT2D eigenvalue weighted by Crippen LogP contribution is -2.04. The highest BCUT2D eigenvalue weighted by molar-refractivity contribution is 5.24. The molecule has 1 rings (SSSR count). The molecule has 1 heterocycles. The standard InChI is InChI=1S/C12H23N3/c1-4-5-9-15-11(3)12(7-6-8-13)10(2)14-15/h4-9,13H2,1-3H3. The molecule has 0 bridgehead atoms. The Morgan fingerprint density at radius 1 is 1.27 bits per heavy atom.